The van der Waals surface area contributed by atoms with Crippen LogP contribution in [0.5, 0.6) is 11.5 Å². The zero-order valence-electron chi connectivity index (χ0n) is 25.4. The second-order valence-electron chi connectivity index (χ2n) is 11.7. The summed E-state index contributed by atoms with van der Waals surface area (Å²) in [6.45, 7) is 0. The maximum atomic E-state index is 6.53. The number of pyridine rings is 2. The summed E-state index contributed by atoms with van der Waals surface area (Å²) in [7, 11) is 0. The van der Waals surface area contributed by atoms with Gasteiger partial charge in [-0.25, -0.2) is 4.98 Å². The predicted octanol–water partition coefficient (Wildman–Crippen LogP) is 10.3. The molecule has 0 N–H and O–H groups in total. The summed E-state index contributed by atoms with van der Waals surface area (Å²) < 4.78 is 10.9. The van der Waals surface area contributed by atoms with Crippen molar-refractivity contribution < 1.29 is 25.2 Å². The molecule has 0 saturated heterocycles. The summed E-state index contributed by atoms with van der Waals surface area (Å²) in [5.74, 6) is 2.03. The Labute approximate surface area is 289 Å². The van der Waals surface area contributed by atoms with E-state index in [1.165, 1.54) is 0 Å². The molecular weight excluding hydrogens is 683 g/mol. The molecule has 0 fully saturated rings. The van der Waals surface area contributed by atoms with Gasteiger partial charge in [-0.2, -0.15) is 6.07 Å². The first-order valence-corrected chi connectivity index (χ1v) is 15.6. The topological polar surface area (TPSA) is 44.3 Å². The Morgan fingerprint density at radius 1 is 0.562 bits per heavy atom. The maximum absolute atomic E-state index is 6.53. The Hall–Kier alpha value is -5.80. The number of hydrogen-bond donors (Lipinski definition) is 0. The summed E-state index contributed by atoms with van der Waals surface area (Å²) in [5, 5.41) is 5.34. The van der Waals surface area contributed by atoms with E-state index in [-0.39, 0.29) is 20.4 Å². The molecule has 0 saturated carbocycles. The Morgan fingerprint density at radius 2 is 1.29 bits per heavy atom. The summed E-state index contributed by atoms with van der Waals surface area (Å²) >= 11 is 0. The van der Waals surface area contributed by atoms with Crippen molar-refractivity contribution in [3.8, 4) is 28.4 Å². The second-order valence-corrected chi connectivity index (χ2v) is 11.7. The van der Waals surface area contributed by atoms with Gasteiger partial charge in [0, 0.05) is 34.3 Å². The van der Waals surface area contributed by atoms with Crippen LogP contribution in [-0.4, -0.2) is 18.9 Å². The molecule has 0 aliphatic heterocycles. The molecule has 0 aliphatic rings. The number of rotatable bonds is 4. The average molecular weight is 707 g/mol. The van der Waals surface area contributed by atoms with Crippen LogP contribution in [0.1, 0.15) is 0 Å². The number of nitrogens with zero attached hydrogens (tertiary/aromatic N) is 4. The first kappa shape index (κ1) is 28.4. The average Bonchev–Trinajstić information content (AvgIpc) is 3.68. The number of aromatic nitrogens is 4. The van der Waals surface area contributed by atoms with E-state index in [2.05, 4.69) is 129 Å². The van der Waals surface area contributed by atoms with Crippen molar-refractivity contribution in [3.05, 3.63) is 158 Å². The van der Waals surface area contributed by atoms with Crippen molar-refractivity contribution in [3.63, 3.8) is 0 Å². The second kappa shape index (κ2) is 11.2. The number of benzene rings is 6. The standard InChI is InChI=1S/C42H24N4O.Pd/c1-2-11-27(12-3-1)30-14-10-15-34-31-22-20-28(25-35(31)42-44-36-16-5-7-18-38(36)46(42)41(30)34)47-29-21-23-33-32-13-4-6-17-37(32)45(39(33)26-29)40-19-8-9-24-43-40;/h1-24H;/q-2;+2. The van der Waals surface area contributed by atoms with Crippen molar-refractivity contribution in [2.24, 2.45) is 0 Å². The Kier molecular flexibility index (Phi) is 6.62. The van der Waals surface area contributed by atoms with Crippen LogP contribution in [0.2, 0.25) is 0 Å². The normalized spacial score (nSPS) is 11.6. The Balaban J connectivity index is 0.00000314. The van der Waals surface area contributed by atoms with Gasteiger partial charge in [0.15, 0.2) is 0 Å². The van der Waals surface area contributed by atoms with Crippen LogP contribution in [0.4, 0.5) is 0 Å². The molecule has 228 valence electrons. The third-order valence-corrected chi connectivity index (χ3v) is 8.99. The number of para-hydroxylation sites is 4. The third-order valence-electron chi connectivity index (χ3n) is 8.99. The van der Waals surface area contributed by atoms with Crippen molar-refractivity contribution in [2.45, 2.75) is 0 Å². The molecule has 0 atom stereocenters. The molecule has 5 nitrogen and oxygen atoms in total. The van der Waals surface area contributed by atoms with Gasteiger partial charge >= 0.3 is 20.4 Å². The van der Waals surface area contributed by atoms with Crippen molar-refractivity contribution in [1.82, 2.24) is 18.9 Å². The van der Waals surface area contributed by atoms with Crippen molar-refractivity contribution >= 4 is 60.2 Å². The molecule has 0 radical (unpaired) electrons. The van der Waals surface area contributed by atoms with Crippen LogP contribution < -0.4 is 4.74 Å². The fourth-order valence-electron chi connectivity index (χ4n) is 6.98. The molecule has 0 unspecified atom stereocenters. The molecule has 4 heterocycles. The van der Waals surface area contributed by atoms with Crippen LogP contribution in [0.3, 0.4) is 0 Å². The molecule has 4 aromatic heterocycles. The smallest absolute Gasteiger partial charge is 0.503 e. The molecule has 10 rings (SSSR count). The number of ether oxygens (including phenoxy) is 1. The third kappa shape index (κ3) is 4.28. The van der Waals surface area contributed by atoms with E-state index in [4.69, 9.17) is 9.72 Å². The molecule has 0 spiro atoms. The van der Waals surface area contributed by atoms with Gasteiger partial charge in [-0.1, -0.05) is 107 Å². The molecule has 10 aromatic rings. The number of imidazole rings is 1. The molecule has 6 aromatic carbocycles. The fraction of sp³-hybridized carbons (Fsp3) is 0. The van der Waals surface area contributed by atoms with Crippen LogP contribution in [0.15, 0.2) is 146 Å². The SMILES string of the molecule is [Pd+2].[c-]1c(Oc2[c-]c3c(cc2)c2ccccc2n3-c2ccccn2)ccc2c1c1nc3ccccc3n1c1c(-c3ccccc3)cccc21. The molecule has 0 aliphatic carbocycles. The van der Waals surface area contributed by atoms with E-state index in [1.807, 2.05) is 42.6 Å². The van der Waals surface area contributed by atoms with Gasteiger partial charge in [-0.3, -0.25) is 4.98 Å². The summed E-state index contributed by atoms with van der Waals surface area (Å²) in [5.41, 5.74) is 8.25. The van der Waals surface area contributed by atoms with E-state index in [0.29, 0.717) is 11.5 Å². The quantitative estimate of drug-likeness (QED) is 0.104. The molecule has 0 bridgehead atoms. The van der Waals surface area contributed by atoms with Crippen molar-refractivity contribution in [2.75, 3.05) is 0 Å². The molecule has 6 heteroatoms. The minimum absolute atomic E-state index is 0. The largest absolute Gasteiger partial charge is 2.00 e. The van der Waals surface area contributed by atoms with Crippen molar-refractivity contribution in [1.29, 1.82) is 0 Å². The van der Waals surface area contributed by atoms with Crippen LogP contribution in [0.25, 0.3) is 77.1 Å². The van der Waals surface area contributed by atoms with Crippen LogP contribution in [-0.2, 0) is 20.4 Å². The zero-order chi connectivity index (χ0) is 30.9. The van der Waals surface area contributed by atoms with E-state index in [9.17, 15) is 0 Å². The van der Waals surface area contributed by atoms with Gasteiger partial charge in [-0.15, -0.1) is 29.7 Å². The van der Waals surface area contributed by atoms with E-state index in [1.54, 1.807) is 0 Å². The van der Waals surface area contributed by atoms with Crippen LogP contribution >= 0.6 is 0 Å². The Bertz CT molecular complexity index is 2820. The van der Waals surface area contributed by atoms with Gasteiger partial charge in [0.2, 0.25) is 0 Å². The summed E-state index contributed by atoms with van der Waals surface area (Å²) in [6.07, 6.45) is 1.81. The first-order valence-electron chi connectivity index (χ1n) is 15.6. The minimum atomic E-state index is 0. The monoisotopic (exact) mass is 706 g/mol. The molecular formula is C42H24N4OPd. The molecule has 48 heavy (non-hydrogen) atoms. The van der Waals surface area contributed by atoms with E-state index < -0.39 is 0 Å². The maximum Gasteiger partial charge on any atom is 2.00 e. The van der Waals surface area contributed by atoms with E-state index in [0.717, 1.165) is 77.1 Å². The van der Waals surface area contributed by atoms with Gasteiger partial charge in [0.05, 0.1) is 16.7 Å². The number of fused-ring (bicyclic) bond motifs is 11. The van der Waals surface area contributed by atoms with Gasteiger partial charge in [0.1, 0.15) is 5.82 Å². The van der Waals surface area contributed by atoms with Gasteiger partial charge < -0.3 is 13.7 Å². The minimum Gasteiger partial charge on any atom is -0.503 e. The van der Waals surface area contributed by atoms with Crippen LogP contribution in [0, 0.1) is 12.1 Å². The zero-order valence-corrected chi connectivity index (χ0v) is 26.9. The van der Waals surface area contributed by atoms with Gasteiger partial charge in [-0.05, 0) is 46.7 Å². The molecule has 0 amide bonds. The Morgan fingerprint density at radius 3 is 2.15 bits per heavy atom. The predicted molar refractivity (Wildman–Crippen MR) is 189 cm³/mol. The van der Waals surface area contributed by atoms with Gasteiger partial charge in [0.25, 0.3) is 0 Å². The number of hydrogen-bond acceptors (Lipinski definition) is 3. The summed E-state index contributed by atoms with van der Waals surface area (Å²) in [4.78, 5) is 9.80. The first-order chi connectivity index (χ1) is 23.3. The van der Waals surface area contributed by atoms with E-state index >= 15 is 0 Å². The summed E-state index contributed by atoms with van der Waals surface area (Å²) in [6, 6.07) is 55.0. The fourth-order valence-corrected chi connectivity index (χ4v) is 6.98.